The van der Waals surface area contributed by atoms with E-state index in [0.29, 0.717) is 67.7 Å². The number of nitrogens with one attached hydrogen (secondary N) is 3. The molecule has 5 heterocycles. The van der Waals surface area contributed by atoms with Crippen LogP contribution in [0.4, 0.5) is 25.8 Å². The van der Waals surface area contributed by atoms with Crippen LogP contribution in [0.5, 0.6) is 23.1 Å². The zero-order valence-electron chi connectivity index (χ0n) is 39.5. The lowest BCUT2D eigenvalue weighted by Crippen LogP contribution is -2.63. The highest BCUT2D eigenvalue weighted by Gasteiger charge is 2.49. The molecule has 3 atom stereocenters. The molecule has 4 fully saturated rings. The van der Waals surface area contributed by atoms with Crippen molar-refractivity contribution in [2.75, 3.05) is 43.0 Å². The predicted octanol–water partition coefficient (Wildman–Crippen LogP) is 9.46. The van der Waals surface area contributed by atoms with E-state index in [4.69, 9.17) is 14.2 Å². The van der Waals surface area contributed by atoms with Gasteiger partial charge in [0.15, 0.2) is 17.2 Å². The van der Waals surface area contributed by atoms with Gasteiger partial charge < -0.3 is 34.5 Å². The van der Waals surface area contributed by atoms with Crippen LogP contribution in [0.15, 0.2) is 77.8 Å². The van der Waals surface area contributed by atoms with Crippen molar-refractivity contribution in [3.63, 3.8) is 0 Å². The molecule has 4 N–H and O–H groups in total. The number of sulfonamides is 1. The second-order valence-corrected chi connectivity index (χ2v) is 22.2. The van der Waals surface area contributed by atoms with Gasteiger partial charge in [0.25, 0.3) is 27.5 Å². The van der Waals surface area contributed by atoms with Crippen molar-refractivity contribution in [3.8, 4) is 23.1 Å². The number of rotatable bonds is 13. The molecular formula is C51H59F2N7O9S. The van der Waals surface area contributed by atoms with Gasteiger partial charge in [0.2, 0.25) is 0 Å². The normalized spacial score (nSPS) is 24.5. The number of nitrogens with zero attached hydrogens (tertiary/aromatic N) is 4. The minimum Gasteiger partial charge on any atom is -0.489 e. The molecule has 1 amide bonds. The summed E-state index contributed by atoms with van der Waals surface area (Å²) in [7, 11) is -4.81. The van der Waals surface area contributed by atoms with Crippen LogP contribution in [0, 0.1) is 21.4 Å². The zero-order chi connectivity index (χ0) is 49.1. The maximum Gasteiger partial charge on any atom is 0.388 e. The molecule has 2 aromatic heterocycles. The van der Waals surface area contributed by atoms with Crippen molar-refractivity contribution in [1.29, 1.82) is 0 Å². The number of aromatic nitrogens is 2. The molecule has 372 valence electrons. The highest BCUT2D eigenvalue weighted by atomic mass is 32.2. The van der Waals surface area contributed by atoms with Crippen LogP contribution in [0.1, 0.15) is 112 Å². The summed E-state index contributed by atoms with van der Waals surface area (Å²) in [6, 6.07) is 18.8. The lowest BCUT2D eigenvalue weighted by Gasteiger charge is -2.57. The summed E-state index contributed by atoms with van der Waals surface area (Å²) in [5.41, 5.74) is 2.42. The van der Waals surface area contributed by atoms with E-state index in [0.717, 1.165) is 38.1 Å². The van der Waals surface area contributed by atoms with Gasteiger partial charge in [0.1, 0.15) is 18.0 Å². The fourth-order valence-corrected chi connectivity index (χ4v) is 12.7. The van der Waals surface area contributed by atoms with Gasteiger partial charge in [-0.1, -0.05) is 44.5 Å². The molecule has 10 rings (SSSR count). The Morgan fingerprint density at radius 2 is 1.76 bits per heavy atom. The van der Waals surface area contributed by atoms with Gasteiger partial charge in [-0.2, -0.15) is 13.8 Å². The van der Waals surface area contributed by atoms with E-state index in [-0.39, 0.29) is 58.1 Å². The first kappa shape index (κ1) is 47.6. The summed E-state index contributed by atoms with van der Waals surface area (Å²) in [6.07, 6.45) is 9.49. The van der Waals surface area contributed by atoms with E-state index in [2.05, 4.69) is 63.2 Å². The lowest BCUT2D eigenvalue weighted by atomic mass is 9.70. The smallest absolute Gasteiger partial charge is 0.388 e. The molecule has 3 aliphatic heterocycles. The molecule has 5 aliphatic rings. The Balaban J connectivity index is 0.888. The average Bonchev–Trinajstić information content (AvgIpc) is 4.00. The first-order valence-electron chi connectivity index (χ1n) is 24.3. The number of likely N-dealkylation sites (tertiary alicyclic amines) is 1. The van der Waals surface area contributed by atoms with Crippen molar-refractivity contribution in [1.82, 2.24) is 19.6 Å². The van der Waals surface area contributed by atoms with Crippen LogP contribution in [-0.4, -0.2) is 96.3 Å². The monoisotopic (exact) mass is 983 g/mol. The SMILES string of the molecule is CC(C)c1ccccc1[C@H]1CCC[C@H]1N1CC2(CCN(c3ccc(C(=O)NS(=O)(=O)c4cc5c(c([N+](=O)[O-])c4)N[C@@H]([C@H]4CC[C@](C)(O)CC4)CO5)c(Oc4cc5cc[nH]c5nc4OC(F)F)c3)CC2)C1. The number of carbonyl (C=O) groups excluding carboxylic acids is 1. The Bertz CT molecular complexity index is 2900. The molecule has 70 heavy (non-hydrogen) atoms. The van der Waals surface area contributed by atoms with E-state index in [9.17, 15) is 37.2 Å². The number of benzene rings is 3. The second kappa shape index (κ2) is 18.6. The Hall–Kier alpha value is -6.05. The first-order chi connectivity index (χ1) is 33.4. The van der Waals surface area contributed by atoms with Crippen molar-refractivity contribution < 1.29 is 46.2 Å². The Morgan fingerprint density at radius 3 is 2.49 bits per heavy atom. The van der Waals surface area contributed by atoms with Crippen molar-refractivity contribution >= 4 is 44.0 Å². The largest absolute Gasteiger partial charge is 0.489 e. The highest BCUT2D eigenvalue weighted by molar-refractivity contribution is 7.90. The number of aromatic amines is 1. The van der Waals surface area contributed by atoms with Crippen molar-refractivity contribution in [2.45, 2.75) is 120 Å². The number of nitro groups is 1. The summed E-state index contributed by atoms with van der Waals surface area (Å²) in [4.78, 5) is 37.2. The molecule has 0 radical (unpaired) electrons. The number of H-pyrrole nitrogens is 1. The Morgan fingerprint density at radius 1 is 1.00 bits per heavy atom. The molecule has 2 aliphatic carbocycles. The molecule has 1 spiro atoms. The lowest BCUT2D eigenvalue weighted by molar-refractivity contribution is -0.384. The van der Waals surface area contributed by atoms with Crippen LogP contribution >= 0.6 is 0 Å². The molecule has 5 aromatic rings. The van der Waals surface area contributed by atoms with Gasteiger partial charge in [-0.25, -0.2) is 13.1 Å². The third-order valence-electron chi connectivity index (χ3n) is 15.5. The number of nitro benzene ring substituents is 1. The molecular weight excluding hydrogens is 925 g/mol. The van der Waals surface area contributed by atoms with Crippen molar-refractivity contribution in [2.24, 2.45) is 11.3 Å². The third-order valence-corrected chi connectivity index (χ3v) is 16.9. The maximum absolute atomic E-state index is 14.2. The number of piperidine rings is 1. The number of carbonyl (C=O) groups is 1. The van der Waals surface area contributed by atoms with E-state index in [1.165, 1.54) is 42.5 Å². The molecule has 19 heteroatoms. The molecule has 2 saturated carbocycles. The van der Waals surface area contributed by atoms with Gasteiger partial charge in [0.05, 0.1) is 27.0 Å². The quantitative estimate of drug-likeness (QED) is 0.0643. The number of anilines is 2. The fraction of sp³-hybridized carbons (Fsp3) is 0.490. The third kappa shape index (κ3) is 9.46. The molecule has 2 saturated heterocycles. The molecule has 16 nitrogen and oxygen atoms in total. The number of ether oxygens (including phenoxy) is 3. The summed E-state index contributed by atoms with van der Waals surface area (Å²) in [5, 5.41) is 26.6. The number of amides is 1. The molecule has 3 aromatic carbocycles. The maximum atomic E-state index is 14.2. The highest BCUT2D eigenvalue weighted by Crippen LogP contribution is 2.50. The predicted molar refractivity (Wildman–Crippen MR) is 259 cm³/mol. The summed E-state index contributed by atoms with van der Waals surface area (Å²) in [6.45, 7) is 6.59. The number of aliphatic hydroxyl groups is 1. The number of halogens is 2. The minimum atomic E-state index is -4.81. The van der Waals surface area contributed by atoms with Crippen LogP contribution in [0.3, 0.4) is 0 Å². The Labute approximate surface area is 405 Å². The standard InChI is InChI=1S/C51H59F2N7O9S/c1-30(2)35-7-4-5-8-36(35)37-9-6-10-40(37)59-28-51(29-59)18-21-58(22-19-51)33-11-12-38(42(24-33)68-44-23-32-15-20-54-46(32)56-48(44)69-49(52)53)47(61)57-70(65,66)34-25-41(60(63)64)45-43(26-34)67-27-39(55-45)31-13-16-50(3,62)17-14-31/h4-5,7-8,11-12,15,20,23-26,30-31,37,39-40,49,55,62H,6,9-10,13-14,16-19,21-22,27-29H2,1-3H3,(H,54,56)(H,57,61)/t31-,37-,39-,40-,50-/m1/s1. The number of pyridine rings is 1. The van der Waals surface area contributed by atoms with Gasteiger partial charge in [-0.15, -0.1) is 0 Å². The average molecular weight is 984 g/mol. The van der Waals surface area contributed by atoms with Crippen molar-refractivity contribution in [3.05, 3.63) is 99.7 Å². The number of hydrogen-bond acceptors (Lipinski definition) is 13. The van der Waals surface area contributed by atoms with Gasteiger partial charge in [0, 0.05) is 67.7 Å². The van der Waals surface area contributed by atoms with Gasteiger partial charge in [-0.05, 0) is 117 Å². The van der Waals surface area contributed by atoms with Crippen LogP contribution < -0.4 is 29.1 Å². The minimum absolute atomic E-state index is 0.0222. The van der Waals surface area contributed by atoms with Crippen LogP contribution in [-0.2, 0) is 10.0 Å². The number of fused-ring (bicyclic) bond motifs is 2. The first-order valence-corrected chi connectivity index (χ1v) is 25.8. The summed E-state index contributed by atoms with van der Waals surface area (Å²) in [5.74, 6) is -1.15. The fourth-order valence-electron chi connectivity index (χ4n) is 11.7. The van der Waals surface area contributed by atoms with E-state index in [1.807, 2.05) is 4.72 Å². The Kier molecular flexibility index (Phi) is 12.7. The molecule has 0 unspecified atom stereocenters. The van der Waals surface area contributed by atoms with E-state index < -0.39 is 49.5 Å². The number of hydrogen-bond donors (Lipinski definition) is 4. The number of alkyl halides is 2. The van der Waals surface area contributed by atoms with Crippen LogP contribution in [0.2, 0.25) is 0 Å². The zero-order valence-corrected chi connectivity index (χ0v) is 40.3. The van der Waals surface area contributed by atoms with Gasteiger partial charge >= 0.3 is 6.61 Å². The van der Waals surface area contributed by atoms with E-state index in [1.54, 1.807) is 31.3 Å². The van der Waals surface area contributed by atoms with E-state index >= 15 is 0 Å². The topological polar surface area (TPSA) is 201 Å². The van der Waals surface area contributed by atoms with Gasteiger partial charge in [-0.3, -0.25) is 19.8 Å². The second-order valence-electron chi connectivity index (χ2n) is 20.6. The molecule has 0 bridgehead atoms. The summed E-state index contributed by atoms with van der Waals surface area (Å²) >= 11 is 0. The van der Waals surface area contributed by atoms with Crippen LogP contribution in [0.25, 0.3) is 11.0 Å². The summed E-state index contributed by atoms with van der Waals surface area (Å²) < 4.78 is 74.6.